The van der Waals surface area contributed by atoms with Gasteiger partial charge in [-0.1, -0.05) is 25.6 Å². The predicted octanol–water partition coefficient (Wildman–Crippen LogP) is 4.27. The van der Waals surface area contributed by atoms with Gasteiger partial charge in [-0.25, -0.2) is 13.8 Å². The van der Waals surface area contributed by atoms with Crippen LogP contribution in [0.1, 0.15) is 31.3 Å². The summed E-state index contributed by atoms with van der Waals surface area (Å²) in [5, 5.41) is 0.744. The van der Waals surface area contributed by atoms with E-state index in [1.807, 2.05) is 20.8 Å². The molecule has 2 aromatic rings. The molecule has 0 spiro atoms. The average molecular weight is 268 g/mol. The summed E-state index contributed by atoms with van der Waals surface area (Å²) in [5.74, 6) is -0.0598. The van der Waals surface area contributed by atoms with Crippen molar-refractivity contribution in [1.29, 1.82) is 0 Å². The van der Waals surface area contributed by atoms with Crippen LogP contribution in [0.15, 0.2) is 28.1 Å². The minimum absolute atomic E-state index is 0.275. The van der Waals surface area contributed by atoms with Crippen molar-refractivity contribution in [2.75, 3.05) is 0 Å². The lowest BCUT2D eigenvalue weighted by molar-refractivity contribution is 0.565. The fourth-order valence-electron chi connectivity index (χ4n) is 1.62. The Morgan fingerprint density at radius 3 is 2.61 bits per heavy atom. The first kappa shape index (κ1) is 13.1. The minimum Gasteiger partial charge on any atom is -0.345 e. The Bertz CT molecular complexity index is 564. The Hall–Kier alpha value is -1.36. The van der Waals surface area contributed by atoms with Crippen molar-refractivity contribution in [1.82, 2.24) is 9.97 Å². The molecule has 1 aromatic heterocycles. The van der Waals surface area contributed by atoms with Crippen LogP contribution in [-0.2, 0) is 0 Å². The van der Waals surface area contributed by atoms with Crippen LogP contribution in [0.5, 0.6) is 0 Å². The number of hydrogen-bond donors (Lipinski definition) is 1. The average Bonchev–Trinajstić information content (AvgIpc) is 2.64. The Morgan fingerprint density at radius 1 is 1.28 bits per heavy atom. The lowest BCUT2D eigenvalue weighted by Crippen LogP contribution is -1.91. The molecule has 96 valence electrons. The van der Waals surface area contributed by atoms with Gasteiger partial charge in [-0.3, -0.25) is 0 Å². The zero-order valence-electron chi connectivity index (χ0n) is 10.4. The van der Waals surface area contributed by atoms with Crippen molar-refractivity contribution < 1.29 is 8.78 Å². The largest absolute Gasteiger partial charge is 0.345 e. The summed E-state index contributed by atoms with van der Waals surface area (Å²) in [6, 6.07) is 3.57. The Labute approximate surface area is 109 Å². The van der Waals surface area contributed by atoms with E-state index in [-0.39, 0.29) is 5.92 Å². The molecule has 2 nitrogen and oxygen atoms in total. The molecule has 0 fully saturated rings. The van der Waals surface area contributed by atoms with Crippen molar-refractivity contribution in [3.8, 4) is 0 Å². The third kappa shape index (κ3) is 2.72. The topological polar surface area (TPSA) is 28.7 Å². The molecular formula is C13H14F2N2S. The van der Waals surface area contributed by atoms with Gasteiger partial charge in [0.15, 0.2) is 0 Å². The van der Waals surface area contributed by atoms with Crippen LogP contribution in [0.3, 0.4) is 0 Å². The molecule has 0 atom stereocenters. The van der Waals surface area contributed by atoms with E-state index in [1.54, 1.807) is 0 Å². The van der Waals surface area contributed by atoms with Crippen LogP contribution in [0.4, 0.5) is 8.78 Å². The van der Waals surface area contributed by atoms with Crippen molar-refractivity contribution in [2.45, 2.75) is 36.6 Å². The van der Waals surface area contributed by atoms with Gasteiger partial charge in [0.25, 0.3) is 0 Å². The molecule has 0 saturated heterocycles. The molecule has 0 aliphatic heterocycles. The first-order chi connectivity index (χ1) is 8.47. The number of rotatable bonds is 3. The number of aryl methyl sites for hydroxylation is 1. The maximum Gasteiger partial charge on any atom is 0.140 e. The van der Waals surface area contributed by atoms with Crippen LogP contribution in [0.2, 0.25) is 0 Å². The Kier molecular flexibility index (Phi) is 3.71. The molecule has 0 amide bonds. The summed E-state index contributed by atoms with van der Waals surface area (Å²) in [4.78, 5) is 7.88. The lowest BCUT2D eigenvalue weighted by Gasteiger charge is -2.06. The molecule has 1 aromatic carbocycles. The summed E-state index contributed by atoms with van der Waals surface area (Å²) in [6.07, 6.45) is 0. The van der Waals surface area contributed by atoms with E-state index in [1.165, 1.54) is 23.9 Å². The van der Waals surface area contributed by atoms with Gasteiger partial charge < -0.3 is 4.98 Å². The maximum atomic E-state index is 13.6. The molecule has 5 heteroatoms. The first-order valence-corrected chi connectivity index (χ1v) is 6.48. The number of nitrogens with zero attached hydrogens (tertiary/aromatic N) is 1. The normalized spacial score (nSPS) is 11.2. The van der Waals surface area contributed by atoms with Gasteiger partial charge in [-0.15, -0.1) is 0 Å². The van der Waals surface area contributed by atoms with Gasteiger partial charge in [0.1, 0.15) is 22.5 Å². The number of imidazole rings is 1. The number of aromatic nitrogens is 2. The predicted molar refractivity (Wildman–Crippen MR) is 67.9 cm³/mol. The van der Waals surface area contributed by atoms with Crippen molar-refractivity contribution >= 4 is 11.8 Å². The highest BCUT2D eigenvalue weighted by atomic mass is 32.2. The number of benzene rings is 1. The Morgan fingerprint density at radius 2 is 2.00 bits per heavy atom. The van der Waals surface area contributed by atoms with Gasteiger partial charge in [-0.2, -0.15) is 0 Å². The zero-order chi connectivity index (χ0) is 13.3. The van der Waals surface area contributed by atoms with Gasteiger partial charge in [0.2, 0.25) is 0 Å². The van der Waals surface area contributed by atoms with E-state index in [0.29, 0.717) is 4.90 Å². The van der Waals surface area contributed by atoms with Crippen LogP contribution in [-0.4, -0.2) is 9.97 Å². The summed E-state index contributed by atoms with van der Waals surface area (Å²) < 4.78 is 26.4. The number of H-pyrrole nitrogens is 1. The van der Waals surface area contributed by atoms with E-state index < -0.39 is 11.6 Å². The minimum atomic E-state index is -0.570. The zero-order valence-corrected chi connectivity index (χ0v) is 11.2. The van der Waals surface area contributed by atoms with Crippen LogP contribution >= 0.6 is 11.8 Å². The second kappa shape index (κ2) is 5.10. The number of aromatic amines is 1. The summed E-state index contributed by atoms with van der Waals surface area (Å²) in [5.41, 5.74) is 0.973. The van der Waals surface area contributed by atoms with Gasteiger partial charge >= 0.3 is 0 Å². The quantitative estimate of drug-likeness (QED) is 0.900. The molecule has 0 aliphatic carbocycles. The standard InChI is InChI=1S/C13H14F2N2S/c1-7(2)12-13(17-8(3)16-12)18-11-5-4-9(14)6-10(11)15/h4-7H,1-3H3,(H,16,17). The maximum absolute atomic E-state index is 13.6. The summed E-state index contributed by atoms with van der Waals surface area (Å²) in [6.45, 7) is 5.94. The fourth-order valence-corrected chi connectivity index (χ4v) is 2.70. The van der Waals surface area contributed by atoms with Gasteiger partial charge in [0, 0.05) is 11.0 Å². The third-order valence-corrected chi connectivity index (χ3v) is 3.55. The highest BCUT2D eigenvalue weighted by molar-refractivity contribution is 7.99. The number of halogens is 2. The van der Waals surface area contributed by atoms with Gasteiger partial charge in [0.05, 0.1) is 5.69 Å². The van der Waals surface area contributed by atoms with Crippen LogP contribution in [0.25, 0.3) is 0 Å². The van der Waals surface area contributed by atoms with Crippen molar-refractivity contribution in [3.63, 3.8) is 0 Å². The molecule has 0 aliphatic rings. The first-order valence-electron chi connectivity index (χ1n) is 5.66. The number of nitrogens with one attached hydrogen (secondary N) is 1. The molecule has 1 heterocycles. The molecule has 1 N–H and O–H groups in total. The second-order valence-corrected chi connectivity index (χ2v) is 5.40. The highest BCUT2D eigenvalue weighted by Crippen LogP contribution is 2.33. The van der Waals surface area contributed by atoms with E-state index in [4.69, 9.17) is 0 Å². The number of hydrogen-bond acceptors (Lipinski definition) is 2. The molecule has 0 saturated carbocycles. The van der Waals surface area contributed by atoms with Gasteiger partial charge in [-0.05, 0) is 25.0 Å². The molecule has 0 unspecified atom stereocenters. The summed E-state index contributed by atoms with van der Waals surface area (Å²) in [7, 11) is 0. The SMILES string of the molecule is Cc1nc(Sc2ccc(F)cc2F)c(C(C)C)[nH]1. The van der Waals surface area contributed by atoms with Crippen molar-refractivity contribution in [2.24, 2.45) is 0 Å². The Balaban J connectivity index is 2.33. The fraction of sp³-hybridized carbons (Fsp3) is 0.308. The summed E-state index contributed by atoms with van der Waals surface area (Å²) >= 11 is 1.21. The third-order valence-electron chi connectivity index (χ3n) is 2.49. The smallest absolute Gasteiger partial charge is 0.140 e. The molecule has 2 rings (SSSR count). The van der Waals surface area contributed by atoms with E-state index in [9.17, 15) is 8.78 Å². The van der Waals surface area contributed by atoms with E-state index in [0.717, 1.165) is 22.6 Å². The molecule has 0 radical (unpaired) electrons. The molecule has 0 bridgehead atoms. The second-order valence-electron chi connectivity index (χ2n) is 4.37. The molecular weight excluding hydrogens is 254 g/mol. The van der Waals surface area contributed by atoms with Crippen molar-refractivity contribution in [3.05, 3.63) is 41.4 Å². The van der Waals surface area contributed by atoms with E-state index >= 15 is 0 Å². The highest BCUT2D eigenvalue weighted by Gasteiger charge is 2.15. The van der Waals surface area contributed by atoms with Crippen LogP contribution in [0, 0.1) is 18.6 Å². The lowest BCUT2D eigenvalue weighted by atomic mass is 10.2. The van der Waals surface area contributed by atoms with E-state index in [2.05, 4.69) is 9.97 Å². The van der Waals surface area contributed by atoms with Crippen LogP contribution < -0.4 is 0 Å². The monoisotopic (exact) mass is 268 g/mol. The molecule has 18 heavy (non-hydrogen) atoms.